The van der Waals surface area contributed by atoms with Crippen LogP contribution in [0.5, 0.6) is 0 Å². The number of carbonyl (C=O) groups excluding carboxylic acids is 1. The number of hydrogen-bond donors (Lipinski definition) is 1. The number of benzene rings is 1. The van der Waals surface area contributed by atoms with Crippen molar-refractivity contribution in [3.05, 3.63) is 35.4 Å². The van der Waals surface area contributed by atoms with Gasteiger partial charge in [0.2, 0.25) is 0 Å². The first-order valence-electron chi connectivity index (χ1n) is 5.44. The van der Waals surface area contributed by atoms with E-state index in [0.29, 0.717) is 0 Å². The Morgan fingerprint density at radius 1 is 1.29 bits per heavy atom. The number of hydrogen-bond acceptors (Lipinski definition) is 2. The second kappa shape index (κ2) is 4.92. The summed E-state index contributed by atoms with van der Waals surface area (Å²) in [6.07, 6.45) is -0.309. The lowest BCUT2D eigenvalue weighted by Crippen LogP contribution is -2.43. The molecule has 0 aliphatic heterocycles. The van der Waals surface area contributed by atoms with E-state index in [9.17, 15) is 13.6 Å². The van der Waals surface area contributed by atoms with Crippen LogP contribution in [0.25, 0.3) is 0 Å². The van der Waals surface area contributed by atoms with E-state index in [1.165, 1.54) is 6.07 Å². The normalized spacial score (nSPS) is 13.5. The molecule has 2 nitrogen and oxygen atoms in total. The number of carbonyl (C=O) groups is 1. The summed E-state index contributed by atoms with van der Waals surface area (Å²) in [7, 11) is 0. The van der Waals surface area contributed by atoms with Crippen LogP contribution in [0.3, 0.4) is 0 Å². The fourth-order valence-electron chi connectivity index (χ4n) is 1.47. The number of ketones is 1. The Hall–Kier alpha value is -1.29. The molecule has 17 heavy (non-hydrogen) atoms. The maximum atomic E-state index is 13.3. The van der Waals surface area contributed by atoms with Gasteiger partial charge in [-0.25, -0.2) is 8.78 Å². The minimum absolute atomic E-state index is 0.211. The van der Waals surface area contributed by atoms with Crippen LogP contribution in [0, 0.1) is 17.0 Å². The first-order chi connectivity index (χ1) is 7.73. The maximum absolute atomic E-state index is 13.3. The van der Waals surface area contributed by atoms with Crippen molar-refractivity contribution in [2.45, 2.75) is 33.2 Å². The van der Waals surface area contributed by atoms with Crippen molar-refractivity contribution in [2.75, 3.05) is 0 Å². The Labute approximate surface area is 99.8 Å². The molecule has 0 bridgehead atoms. The van der Waals surface area contributed by atoms with Gasteiger partial charge in [-0.1, -0.05) is 26.8 Å². The number of nitrogens with two attached hydrogens (primary N) is 1. The third-order valence-electron chi connectivity index (χ3n) is 2.69. The number of Topliss-reactive ketones (excluding diaryl/α,β-unsaturated/α-hetero) is 1. The lowest BCUT2D eigenvalue weighted by atomic mass is 9.83. The van der Waals surface area contributed by atoms with E-state index in [4.69, 9.17) is 5.73 Å². The highest BCUT2D eigenvalue weighted by Gasteiger charge is 2.28. The van der Waals surface area contributed by atoms with E-state index in [2.05, 4.69) is 0 Å². The van der Waals surface area contributed by atoms with Crippen molar-refractivity contribution < 1.29 is 13.6 Å². The van der Waals surface area contributed by atoms with Gasteiger partial charge in [0, 0.05) is 12.0 Å². The monoisotopic (exact) mass is 241 g/mol. The van der Waals surface area contributed by atoms with Crippen LogP contribution in [-0.2, 0) is 11.2 Å². The largest absolute Gasteiger partial charge is 0.321 e. The lowest BCUT2D eigenvalue weighted by molar-refractivity contribution is -0.121. The van der Waals surface area contributed by atoms with Crippen LogP contribution in [0.1, 0.15) is 26.3 Å². The summed E-state index contributed by atoms with van der Waals surface area (Å²) in [5.41, 5.74) is 5.12. The standard InChI is InChI=1S/C13H17F2NO/c1-13(2,3)12(16)11(17)7-8-9(14)5-4-6-10(8)15/h4-6,12H,7,16H2,1-3H3. The zero-order valence-electron chi connectivity index (χ0n) is 10.3. The topological polar surface area (TPSA) is 43.1 Å². The molecular weight excluding hydrogens is 224 g/mol. The molecule has 0 aliphatic carbocycles. The third-order valence-corrected chi connectivity index (χ3v) is 2.69. The highest BCUT2D eigenvalue weighted by Crippen LogP contribution is 2.21. The molecular formula is C13H17F2NO. The molecule has 0 heterocycles. The van der Waals surface area contributed by atoms with Crippen molar-refractivity contribution in [3.8, 4) is 0 Å². The number of rotatable bonds is 3. The Bertz CT molecular complexity index is 404. The van der Waals surface area contributed by atoms with E-state index < -0.39 is 23.1 Å². The van der Waals surface area contributed by atoms with Gasteiger partial charge in [-0.05, 0) is 17.5 Å². The summed E-state index contributed by atoms with van der Waals surface area (Å²) in [5.74, 6) is -1.78. The molecule has 2 N–H and O–H groups in total. The lowest BCUT2D eigenvalue weighted by Gasteiger charge is -2.25. The van der Waals surface area contributed by atoms with Crippen LogP contribution in [0.2, 0.25) is 0 Å². The van der Waals surface area contributed by atoms with Crippen LogP contribution in [0.15, 0.2) is 18.2 Å². The van der Waals surface area contributed by atoms with Crippen molar-refractivity contribution in [1.82, 2.24) is 0 Å². The minimum atomic E-state index is -0.735. The summed E-state index contributed by atoms with van der Waals surface area (Å²) in [4.78, 5) is 11.8. The van der Waals surface area contributed by atoms with Crippen LogP contribution in [-0.4, -0.2) is 11.8 Å². The summed E-state index contributed by atoms with van der Waals surface area (Å²) in [6.45, 7) is 5.44. The van der Waals surface area contributed by atoms with Crippen molar-refractivity contribution >= 4 is 5.78 Å². The van der Waals surface area contributed by atoms with Gasteiger partial charge in [0.1, 0.15) is 11.6 Å². The first kappa shape index (κ1) is 13.8. The van der Waals surface area contributed by atoms with Gasteiger partial charge in [0.05, 0.1) is 6.04 Å². The predicted octanol–water partition coefficient (Wildman–Crippen LogP) is 2.45. The minimum Gasteiger partial charge on any atom is -0.321 e. The van der Waals surface area contributed by atoms with Gasteiger partial charge >= 0.3 is 0 Å². The molecule has 0 saturated carbocycles. The van der Waals surface area contributed by atoms with Gasteiger partial charge in [0.15, 0.2) is 5.78 Å². The highest BCUT2D eigenvalue weighted by molar-refractivity contribution is 5.86. The third kappa shape index (κ3) is 3.33. The van der Waals surface area contributed by atoms with E-state index in [1.807, 2.05) is 20.8 Å². The Morgan fingerprint density at radius 2 is 1.76 bits per heavy atom. The molecule has 0 amide bonds. The second-order valence-corrected chi connectivity index (χ2v) is 5.19. The molecule has 4 heteroatoms. The van der Waals surface area contributed by atoms with E-state index >= 15 is 0 Å². The summed E-state index contributed by atoms with van der Waals surface area (Å²) >= 11 is 0. The van der Waals surface area contributed by atoms with Crippen LogP contribution < -0.4 is 5.73 Å². The van der Waals surface area contributed by atoms with Gasteiger partial charge in [-0.3, -0.25) is 4.79 Å². The molecule has 0 aromatic heterocycles. The first-order valence-corrected chi connectivity index (χ1v) is 5.44. The molecule has 0 spiro atoms. The summed E-state index contributed by atoms with van der Waals surface area (Å²) in [6, 6.07) is 2.80. The molecule has 94 valence electrons. The second-order valence-electron chi connectivity index (χ2n) is 5.19. The SMILES string of the molecule is CC(C)(C)C(N)C(=O)Cc1c(F)cccc1F. The summed E-state index contributed by atoms with van der Waals surface area (Å²) < 4.78 is 26.7. The number of halogens is 2. The molecule has 0 saturated heterocycles. The van der Waals surface area contributed by atoms with Crippen molar-refractivity contribution in [2.24, 2.45) is 11.1 Å². The smallest absolute Gasteiger partial charge is 0.154 e. The van der Waals surface area contributed by atoms with Crippen molar-refractivity contribution in [1.29, 1.82) is 0 Å². The molecule has 1 atom stereocenters. The van der Waals surface area contributed by atoms with Crippen molar-refractivity contribution in [3.63, 3.8) is 0 Å². The average molecular weight is 241 g/mol. The Morgan fingerprint density at radius 3 is 2.18 bits per heavy atom. The van der Waals surface area contributed by atoms with Gasteiger partial charge in [0.25, 0.3) is 0 Å². The molecule has 1 rings (SSSR count). The molecule has 1 aromatic rings. The molecule has 0 radical (unpaired) electrons. The molecule has 1 aromatic carbocycles. The van der Waals surface area contributed by atoms with E-state index in [1.54, 1.807) is 0 Å². The van der Waals surface area contributed by atoms with Gasteiger partial charge in [-0.2, -0.15) is 0 Å². The molecule has 0 aliphatic rings. The quantitative estimate of drug-likeness (QED) is 0.883. The predicted molar refractivity (Wildman–Crippen MR) is 62.5 cm³/mol. The highest BCUT2D eigenvalue weighted by atomic mass is 19.1. The molecule has 0 fully saturated rings. The average Bonchev–Trinajstić information content (AvgIpc) is 2.21. The Balaban J connectivity index is 2.89. The maximum Gasteiger partial charge on any atom is 0.154 e. The van der Waals surface area contributed by atoms with Gasteiger partial charge in [-0.15, -0.1) is 0 Å². The zero-order chi connectivity index (χ0) is 13.2. The van der Waals surface area contributed by atoms with Crippen LogP contribution in [0.4, 0.5) is 8.78 Å². The Kier molecular flexibility index (Phi) is 3.98. The fraction of sp³-hybridized carbons (Fsp3) is 0.462. The van der Waals surface area contributed by atoms with E-state index in [0.717, 1.165) is 12.1 Å². The summed E-state index contributed by atoms with van der Waals surface area (Å²) in [5, 5.41) is 0. The fourth-order valence-corrected chi connectivity index (χ4v) is 1.47. The van der Waals surface area contributed by atoms with E-state index in [-0.39, 0.29) is 17.8 Å². The molecule has 1 unspecified atom stereocenters. The zero-order valence-corrected chi connectivity index (χ0v) is 10.3. The van der Waals surface area contributed by atoms with Gasteiger partial charge < -0.3 is 5.73 Å². The van der Waals surface area contributed by atoms with Crippen LogP contribution >= 0.6 is 0 Å².